The third kappa shape index (κ3) is 2.33. The number of aromatic nitrogens is 1. The molecule has 0 saturated carbocycles. The zero-order valence-electron chi connectivity index (χ0n) is 10.1. The molecule has 0 spiro atoms. The molecule has 0 radical (unpaired) electrons. The molecular weight excluding hydrogens is 279 g/mol. The lowest BCUT2D eigenvalue weighted by atomic mass is 10.2. The van der Waals surface area contributed by atoms with E-state index in [1.54, 1.807) is 23.6 Å². The van der Waals surface area contributed by atoms with E-state index < -0.39 is 5.82 Å². The number of nitrogens with one attached hydrogen (secondary N) is 2. The van der Waals surface area contributed by atoms with E-state index in [9.17, 15) is 14.0 Å². The molecule has 4 nitrogen and oxygen atoms in total. The van der Waals surface area contributed by atoms with Crippen molar-refractivity contribution in [1.82, 2.24) is 4.98 Å². The summed E-state index contributed by atoms with van der Waals surface area (Å²) in [6.45, 7) is 0. The van der Waals surface area contributed by atoms with Gasteiger partial charge in [0.25, 0.3) is 5.91 Å². The summed E-state index contributed by atoms with van der Waals surface area (Å²) in [6.07, 6.45) is 0. The van der Waals surface area contributed by atoms with Gasteiger partial charge in [-0.25, -0.2) is 4.39 Å². The maximum absolute atomic E-state index is 13.9. The first kappa shape index (κ1) is 12.6. The zero-order chi connectivity index (χ0) is 14.1. The van der Waals surface area contributed by atoms with E-state index in [1.807, 2.05) is 0 Å². The minimum Gasteiger partial charge on any atom is -0.321 e. The molecule has 6 heteroatoms. The van der Waals surface area contributed by atoms with E-state index in [0.29, 0.717) is 16.0 Å². The summed E-state index contributed by atoms with van der Waals surface area (Å²) in [5.41, 5.74) is 0.110. The molecule has 0 aliphatic rings. The monoisotopic (exact) mass is 288 g/mol. The standard InChI is InChI=1S/C14H9FN2O2S/c15-10-7-9(16-14(19)11-2-1-5-20-11)6-8-3-4-12(18)17-13(8)10/h1-7H,(H,16,19)(H,17,18). The van der Waals surface area contributed by atoms with Crippen LogP contribution in [0.25, 0.3) is 10.9 Å². The summed E-state index contributed by atoms with van der Waals surface area (Å²) < 4.78 is 13.9. The number of H-pyrrole nitrogens is 1. The Balaban J connectivity index is 1.99. The third-order valence-electron chi connectivity index (χ3n) is 2.79. The molecule has 0 aliphatic heterocycles. The van der Waals surface area contributed by atoms with Crippen molar-refractivity contribution in [1.29, 1.82) is 0 Å². The van der Waals surface area contributed by atoms with Gasteiger partial charge in [0.15, 0.2) is 0 Å². The number of carbonyl (C=O) groups excluding carboxylic acids is 1. The van der Waals surface area contributed by atoms with Gasteiger partial charge in [-0.15, -0.1) is 11.3 Å². The number of carbonyl (C=O) groups is 1. The number of hydrogen-bond acceptors (Lipinski definition) is 3. The molecule has 0 unspecified atom stereocenters. The molecule has 2 heterocycles. The molecule has 0 atom stereocenters. The molecule has 0 aliphatic carbocycles. The normalized spacial score (nSPS) is 10.7. The van der Waals surface area contributed by atoms with Crippen LogP contribution in [0.1, 0.15) is 9.67 Å². The van der Waals surface area contributed by atoms with Gasteiger partial charge in [0, 0.05) is 17.1 Å². The predicted octanol–water partition coefficient (Wildman–Crippen LogP) is 2.98. The van der Waals surface area contributed by atoms with Crippen LogP contribution < -0.4 is 10.9 Å². The minimum absolute atomic E-state index is 0.131. The van der Waals surface area contributed by atoms with Gasteiger partial charge in [-0.1, -0.05) is 6.07 Å². The van der Waals surface area contributed by atoms with Crippen molar-refractivity contribution in [2.45, 2.75) is 0 Å². The van der Waals surface area contributed by atoms with E-state index in [-0.39, 0.29) is 17.0 Å². The minimum atomic E-state index is -0.582. The summed E-state index contributed by atoms with van der Waals surface area (Å²) in [6, 6.07) is 9.08. The van der Waals surface area contributed by atoms with E-state index in [4.69, 9.17) is 0 Å². The van der Waals surface area contributed by atoms with Gasteiger partial charge >= 0.3 is 0 Å². The number of thiophene rings is 1. The van der Waals surface area contributed by atoms with Crippen molar-refractivity contribution in [3.8, 4) is 0 Å². The Hall–Kier alpha value is -2.47. The molecule has 1 aromatic carbocycles. The second-order valence-electron chi connectivity index (χ2n) is 4.18. The van der Waals surface area contributed by atoms with E-state index in [2.05, 4.69) is 10.3 Å². The Bertz CT molecular complexity index is 840. The first-order valence-corrected chi connectivity index (χ1v) is 6.69. The van der Waals surface area contributed by atoms with Crippen LogP contribution in [0.15, 0.2) is 46.6 Å². The average molecular weight is 288 g/mol. The van der Waals surface area contributed by atoms with Crippen LogP contribution >= 0.6 is 11.3 Å². The first-order valence-electron chi connectivity index (χ1n) is 5.81. The van der Waals surface area contributed by atoms with Gasteiger partial charge in [-0.3, -0.25) is 9.59 Å². The highest BCUT2D eigenvalue weighted by Crippen LogP contribution is 2.21. The van der Waals surface area contributed by atoms with Crippen LogP contribution in [-0.2, 0) is 0 Å². The number of anilines is 1. The molecule has 20 heavy (non-hydrogen) atoms. The van der Waals surface area contributed by atoms with Crippen molar-refractivity contribution in [3.63, 3.8) is 0 Å². The van der Waals surface area contributed by atoms with Crippen molar-refractivity contribution in [2.24, 2.45) is 0 Å². The molecular formula is C14H9FN2O2S. The summed E-state index contributed by atoms with van der Waals surface area (Å²) in [5.74, 6) is -0.871. The maximum atomic E-state index is 13.9. The maximum Gasteiger partial charge on any atom is 0.265 e. The molecule has 1 amide bonds. The number of aromatic amines is 1. The fourth-order valence-electron chi connectivity index (χ4n) is 1.89. The highest BCUT2D eigenvalue weighted by molar-refractivity contribution is 7.12. The Morgan fingerprint density at radius 3 is 2.85 bits per heavy atom. The van der Waals surface area contributed by atoms with Crippen molar-refractivity contribution >= 4 is 33.8 Å². The van der Waals surface area contributed by atoms with Crippen LogP contribution in [0.5, 0.6) is 0 Å². The zero-order valence-corrected chi connectivity index (χ0v) is 11.0. The number of benzene rings is 1. The van der Waals surface area contributed by atoms with Crippen LogP contribution in [0.3, 0.4) is 0 Å². The second-order valence-corrected chi connectivity index (χ2v) is 5.12. The number of amides is 1. The van der Waals surface area contributed by atoms with Gasteiger partial charge in [-0.05, 0) is 29.6 Å². The number of pyridine rings is 1. The number of rotatable bonds is 2. The van der Waals surface area contributed by atoms with Gasteiger partial charge in [0.05, 0.1) is 10.4 Å². The summed E-state index contributed by atoms with van der Waals surface area (Å²) >= 11 is 1.31. The Morgan fingerprint density at radius 1 is 1.25 bits per heavy atom. The smallest absolute Gasteiger partial charge is 0.265 e. The van der Waals surface area contributed by atoms with Gasteiger partial charge in [-0.2, -0.15) is 0 Å². The lowest BCUT2D eigenvalue weighted by Crippen LogP contribution is -2.11. The molecule has 3 rings (SSSR count). The lowest BCUT2D eigenvalue weighted by molar-refractivity contribution is 0.103. The van der Waals surface area contributed by atoms with Crippen molar-refractivity contribution in [3.05, 3.63) is 62.8 Å². The largest absolute Gasteiger partial charge is 0.321 e. The van der Waals surface area contributed by atoms with Gasteiger partial charge < -0.3 is 10.3 Å². The van der Waals surface area contributed by atoms with E-state index in [0.717, 1.165) is 0 Å². The molecule has 0 bridgehead atoms. The topological polar surface area (TPSA) is 62.0 Å². The van der Waals surface area contributed by atoms with Crippen LogP contribution in [0.4, 0.5) is 10.1 Å². The molecule has 2 N–H and O–H groups in total. The van der Waals surface area contributed by atoms with E-state index >= 15 is 0 Å². The Kier molecular flexibility index (Phi) is 3.08. The molecule has 0 fully saturated rings. The third-order valence-corrected chi connectivity index (χ3v) is 3.65. The summed E-state index contributed by atoms with van der Waals surface area (Å²) in [7, 11) is 0. The number of fused-ring (bicyclic) bond motifs is 1. The predicted molar refractivity (Wildman–Crippen MR) is 76.8 cm³/mol. The SMILES string of the molecule is O=C(Nc1cc(F)c2[nH]c(=O)ccc2c1)c1cccs1. The highest BCUT2D eigenvalue weighted by Gasteiger charge is 2.10. The highest BCUT2D eigenvalue weighted by atomic mass is 32.1. The fourth-order valence-corrected chi connectivity index (χ4v) is 2.51. The summed E-state index contributed by atoms with van der Waals surface area (Å²) in [5, 5.41) is 4.94. The molecule has 0 saturated heterocycles. The van der Waals surface area contributed by atoms with Gasteiger partial charge in [0.2, 0.25) is 5.56 Å². The van der Waals surface area contributed by atoms with Crippen molar-refractivity contribution in [2.75, 3.05) is 5.32 Å². The summed E-state index contributed by atoms with van der Waals surface area (Å²) in [4.78, 5) is 26.0. The lowest BCUT2D eigenvalue weighted by Gasteiger charge is -2.06. The second kappa shape index (κ2) is 4.90. The van der Waals surface area contributed by atoms with Gasteiger partial charge in [0.1, 0.15) is 5.82 Å². The van der Waals surface area contributed by atoms with Crippen LogP contribution in [0, 0.1) is 5.82 Å². The molecule has 2 aromatic heterocycles. The quantitative estimate of drug-likeness (QED) is 0.761. The first-order chi connectivity index (χ1) is 9.63. The number of hydrogen-bond donors (Lipinski definition) is 2. The van der Waals surface area contributed by atoms with Crippen molar-refractivity contribution < 1.29 is 9.18 Å². The van der Waals surface area contributed by atoms with Crippen LogP contribution in [-0.4, -0.2) is 10.9 Å². The average Bonchev–Trinajstić information content (AvgIpc) is 2.94. The fraction of sp³-hybridized carbons (Fsp3) is 0. The molecule has 100 valence electrons. The Labute approximate surface area is 116 Å². The number of halogens is 1. The van der Waals surface area contributed by atoms with Crippen LogP contribution in [0.2, 0.25) is 0 Å². The molecule has 3 aromatic rings. The van der Waals surface area contributed by atoms with E-state index in [1.165, 1.54) is 29.5 Å². The Morgan fingerprint density at radius 2 is 2.10 bits per heavy atom.